The van der Waals surface area contributed by atoms with Gasteiger partial charge in [-0.3, -0.25) is 0 Å². The quantitative estimate of drug-likeness (QED) is 0.787. The monoisotopic (exact) mass is 289 g/mol. The number of para-hydroxylation sites is 1. The molecule has 0 radical (unpaired) electrons. The second kappa shape index (κ2) is 7.53. The Morgan fingerprint density at radius 1 is 1.20 bits per heavy atom. The molecule has 114 valence electrons. The SMILES string of the molecule is CCNC(CC(C)CC)c1ccccc1OC(F)(F)F. The van der Waals surface area contributed by atoms with E-state index in [1.54, 1.807) is 18.2 Å². The first-order valence-corrected chi connectivity index (χ1v) is 6.95. The smallest absolute Gasteiger partial charge is 0.405 e. The van der Waals surface area contributed by atoms with Crippen LogP contribution in [0.25, 0.3) is 0 Å². The maximum atomic E-state index is 12.5. The molecule has 0 spiro atoms. The Labute approximate surface area is 118 Å². The van der Waals surface area contributed by atoms with Crippen molar-refractivity contribution in [1.82, 2.24) is 5.32 Å². The maximum absolute atomic E-state index is 12.5. The molecule has 0 aliphatic rings. The standard InChI is InChI=1S/C15H22F3NO/c1-4-11(3)10-13(19-5-2)12-8-6-7-9-14(12)20-15(16,17)18/h6-9,11,13,19H,4-5,10H2,1-3H3. The predicted octanol–water partition coefficient (Wildman–Crippen LogP) is 4.67. The highest BCUT2D eigenvalue weighted by molar-refractivity contribution is 5.36. The normalized spacial score (nSPS) is 14.9. The zero-order valence-electron chi connectivity index (χ0n) is 12.1. The first-order chi connectivity index (χ1) is 9.37. The molecule has 0 amide bonds. The van der Waals surface area contributed by atoms with Crippen molar-refractivity contribution in [2.24, 2.45) is 5.92 Å². The van der Waals surface area contributed by atoms with Crippen molar-refractivity contribution in [2.75, 3.05) is 6.54 Å². The number of benzene rings is 1. The molecule has 0 heterocycles. The van der Waals surface area contributed by atoms with Crippen molar-refractivity contribution >= 4 is 0 Å². The minimum atomic E-state index is -4.66. The van der Waals surface area contributed by atoms with Gasteiger partial charge in [-0.2, -0.15) is 0 Å². The summed E-state index contributed by atoms with van der Waals surface area (Å²) < 4.78 is 41.5. The van der Waals surface area contributed by atoms with Crippen molar-refractivity contribution in [3.8, 4) is 5.75 Å². The van der Waals surface area contributed by atoms with Gasteiger partial charge in [0.2, 0.25) is 0 Å². The largest absolute Gasteiger partial charge is 0.573 e. The van der Waals surface area contributed by atoms with Crippen LogP contribution in [0, 0.1) is 5.92 Å². The van der Waals surface area contributed by atoms with Crippen molar-refractivity contribution in [3.63, 3.8) is 0 Å². The minimum absolute atomic E-state index is 0.116. The van der Waals surface area contributed by atoms with E-state index in [0.717, 1.165) is 12.8 Å². The summed E-state index contributed by atoms with van der Waals surface area (Å²) in [6.07, 6.45) is -2.89. The number of nitrogens with one attached hydrogen (secondary N) is 1. The fourth-order valence-corrected chi connectivity index (χ4v) is 2.12. The highest BCUT2D eigenvalue weighted by atomic mass is 19.4. The highest BCUT2D eigenvalue weighted by Crippen LogP contribution is 2.33. The molecular weight excluding hydrogens is 267 g/mol. The summed E-state index contributed by atoms with van der Waals surface area (Å²) in [7, 11) is 0. The molecular formula is C15H22F3NO. The van der Waals surface area contributed by atoms with Crippen molar-refractivity contribution in [3.05, 3.63) is 29.8 Å². The molecule has 0 bridgehead atoms. The van der Waals surface area contributed by atoms with E-state index in [9.17, 15) is 13.2 Å². The second-order valence-corrected chi connectivity index (χ2v) is 4.95. The molecule has 0 aliphatic carbocycles. The van der Waals surface area contributed by atoms with E-state index >= 15 is 0 Å². The van der Waals surface area contributed by atoms with E-state index in [2.05, 4.69) is 23.9 Å². The Bertz CT molecular complexity index is 406. The van der Waals surface area contributed by atoms with Gasteiger partial charge in [-0.05, 0) is 24.9 Å². The predicted molar refractivity (Wildman–Crippen MR) is 73.6 cm³/mol. The highest BCUT2D eigenvalue weighted by Gasteiger charge is 2.33. The zero-order valence-corrected chi connectivity index (χ0v) is 12.1. The Balaban J connectivity index is 3.00. The lowest BCUT2D eigenvalue weighted by molar-refractivity contribution is -0.275. The second-order valence-electron chi connectivity index (χ2n) is 4.95. The molecule has 2 atom stereocenters. The van der Waals surface area contributed by atoms with Gasteiger partial charge >= 0.3 is 6.36 Å². The lowest BCUT2D eigenvalue weighted by atomic mass is 9.93. The van der Waals surface area contributed by atoms with Gasteiger partial charge in [0.05, 0.1) is 0 Å². The van der Waals surface area contributed by atoms with E-state index in [0.29, 0.717) is 18.0 Å². The Morgan fingerprint density at radius 2 is 1.85 bits per heavy atom. The van der Waals surface area contributed by atoms with Gasteiger partial charge in [-0.1, -0.05) is 45.4 Å². The van der Waals surface area contributed by atoms with E-state index in [4.69, 9.17) is 0 Å². The number of hydrogen-bond donors (Lipinski definition) is 1. The van der Waals surface area contributed by atoms with E-state index in [1.165, 1.54) is 6.07 Å². The third kappa shape index (κ3) is 5.41. The number of alkyl halides is 3. The molecule has 1 N–H and O–H groups in total. The molecule has 20 heavy (non-hydrogen) atoms. The van der Waals surface area contributed by atoms with Gasteiger partial charge in [0, 0.05) is 11.6 Å². The van der Waals surface area contributed by atoms with Crippen LogP contribution in [-0.2, 0) is 0 Å². The van der Waals surface area contributed by atoms with Crippen LogP contribution >= 0.6 is 0 Å². The average Bonchev–Trinajstić information content (AvgIpc) is 2.37. The topological polar surface area (TPSA) is 21.3 Å². The summed E-state index contributed by atoms with van der Waals surface area (Å²) in [4.78, 5) is 0. The fraction of sp³-hybridized carbons (Fsp3) is 0.600. The number of rotatable bonds is 7. The number of halogens is 3. The number of ether oxygens (including phenoxy) is 1. The summed E-state index contributed by atoms with van der Waals surface area (Å²) in [5.41, 5.74) is 0.562. The molecule has 0 saturated heterocycles. The number of hydrogen-bond acceptors (Lipinski definition) is 2. The van der Waals surface area contributed by atoms with Gasteiger partial charge in [-0.25, -0.2) is 0 Å². The molecule has 1 aromatic rings. The molecule has 0 aliphatic heterocycles. The third-order valence-corrected chi connectivity index (χ3v) is 3.31. The summed E-state index contributed by atoms with van der Waals surface area (Å²) in [5, 5.41) is 3.24. The molecule has 2 unspecified atom stereocenters. The Morgan fingerprint density at radius 3 is 2.40 bits per heavy atom. The van der Waals surface area contributed by atoms with Crippen molar-refractivity contribution in [2.45, 2.75) is 46.0 Å². The van der Waals surface area contributed by atoms with Gasteiger partial charge in [0.1, 0.15) is 5.75 Å². The van der Waals surface area contributed by atoms with Gasteiger partial charge in [0.15, 0.2) is 0 Å². The molecule has 0 saturated carbocycles. The van der Waals surface area contributed by atoms with E-state index < -0.39 is 6.36 Å². The fourth-order valence-electron chi connectivity index (χ4n) is 2.12. The maximum Gasteiger partial charge on any atom is 0.573 e. The van der Waals surface area contributed by atoms with Crippen LogP contribution in [0.2, 0.25) is 0 Å². The Kier molecular flexibility index (Phi) is 6.33. The minimum Gasteiger partial charge on any atom is -0.405 e. The summed E-state index contributed by atoms with van der Waals surface area (Å²) in [6.45, 7) is 6.81. The molecule has 0 aromatic heterocycles. The van der Waals surface area contributed by atoms with Gasteiger partial charge in [-0.15, -0.1) is 13.2 Å². The van der Waals surface area contributed by atoms with Gasteiger partial charge in [0.25, 0.3) is 0 Å². The summed E-state index contributed by atoms with van der Waals surface area (Å²) in [6, 6.07) is 6.21. The summed E-state index contributed by atoms with van der Waals surface area (Å²) in [5.74, 6) is 0.312. The molecule has 5 heteroatoms. The molecule has 1 aromatic carbocycles. The van der Waals surface area contributed by atoms with Crippen LogP contribution in [0.3, 0.4) is 0 Å². The molecule has 1 rings (SSSR count). The molecule has 0 fully saturated rings. The van der Waals surface area contributed by atoms with Gasteiger partial charge < -0.3 is 10.1 Å². The zero-order chi connectivity index (χ0) is 15.2. The first-order valence-electron chi connectivity index (χ1n) is 6.95. The van der Waals surface area contributed by atoms with Crippen LogP contribution in [-0.4, -0.2) is 12.9 Å². The first kappa shape index (κ1) is 16.8. The average molecular weight is 289 g/mol. The van der Waals surface area contributed by atoms with Crippen LogP contribution in [0.5, 0.6) is 5.75 Å². The Hall–Kier alpha value is -1.23. The lowest BCUT2D eigenvalue weighted by Gasteiger charge is -2.24. The van der Waals surface area contributed by atoms with Crippen LogP contribution < -0.4 is 10.1 Å². The lowest BCUT2D eigenvalue weighted by Crippen LogP contribution is -2.25. The van der Waals surface area contributed by atoms with Crippen molar-refractivity contribution in [1.29, 1.82) is 0 Å². The van der Waals surface area contributed by atoms with Crippen LogP contribution in [0.1, 0.15) is 45.2 Å². The van der Waals surface area contributed by atoms with Crippen molar-refractivity contribution < 1.29 is 17.9 Å². The van der Waals surface area contributed by atoms with Crippen LogP contribution in [0.15, 0.2) is 24.3 Å². The summed E-state index contributed by atoms with van der Waals surface area (Å²) >= 11 is 0. The third-order valence-electron chi connectivity index (χ3n) is 3.31. The van der Waals surface area contributed by atoms with E-state index in [-0.39, 0.29) is 11.8 Å². The van der Waals surface area contributed by atoms with Crippen LogP contribution in [0.4, 0.5) is 13.2 Å². The molecule has 2 nitrogen and oxygen atoms in total. The van der Waals surface area contributed by atoms with E-state index in [1.807, 2.05) is 6.92 Å².